The van der Waals surface area contributed by atoms with Gasteiger partial charge in [0.25, 0.3) is 0 Å². The number of aromatic nitrogens is 3. The van der Waals surface area contributed by atoms with Crippen molar-refractivity contribution in [2.45, 2.75) is 20.5 Å². The number of hydrogen-bond donors (Lipinski definition) is 1. The first-order chi connectivity index (χ1) is 14.5. The van der Waals surface area contributed by atoms with Crippen LogP contribution >= 0.6 is 0 Å². The first-order valence-electron chi connectivity index (χ1n) is 9.39. The molecule has 0 unspecified atom stereocenters. The minimum absolute atomic E-state index is 0.297. The Morgan fingerprint density at radius 3 is 2.60 bits per heavy atom. The summed E-state index contributed by atoms with van der Waals surface area (Å²) < 4.78 is 11.6. The van der Waals surface area contributed by atoms with Crippen LogP contribution in [0.5, 0.6) is 5.75 Å². The van der Waals surface area contributed by atoms with Crippen LogP contribution in [0.25, 0.3) is 22.6 Å². The second kappa shape index (κ2) is 8.16. The Bertz CT molecular complexity index is 1200. The van der Waals surface area contributed by atoms with E-state index >= 15 is 0 Å². The van der Waals surface area contributed by atoms with Crippen molar-refractivity contribution in [3.8, 4) is 28.3 Å². The van der Waals surface area contributed by atoms with Crippen LogP contribution in [0.15, 0.2) is 65.2 Å². The lowest BCUT2D eigenvalue weighted by Gasteiger charge is -2.15. The van der Waals surface area contributed by atoms with E-state index in [1.54, 1.807) is 31.3 Å². The predicted octanol–water partition coefficient (Wildman–Crippen LogP) is 4.09. The van der Waals surface area contributed by atoms with E-state index in [9.17, 15) is 4.79 Å². The smallest absolute Gasteiger partial charge is 0.248 e. The van der Waals surface area contributed by atoms with Crippen LogP contribution in [0.2, 0.25) is 0 Å². The molecule has 0 atom stereocenters. The van der Waals surface area contributed by atoms with Crippen molar-refractivity contribution < 1.29 is 13.9 Å². The normalized spacial score (nSPS) is 10.7. The number of amides is 1. The first-order valence-corrected chi connectivity index (χ1v) is 9.39. The van der Waals surface area contributed by atoms with E-state index in [0.29, 0.717) is 29.7 Å². The minimum atomic E-state index is -0.506. The molecule has 0 saturated carbocycles. The predicted molar refractivity (Wildman–Crippen MR) is 112 cm³/mol. The van der Waals surface area contributed by atoms with Gasteiger partial charge in [-0.25, -0.2) is 0 Å². The fraction of sp³-hybridized carbons (Fsp3) is 0.130. The van der Waals surface area contributed by atoms with Crippen molar-refractivity contribution in [1.29, 1.82) is 0 Å². The maximum Gasteiger partial charge on any atom is 0.248 e. The standard InChI is InChI=1S/C23H20N4O3/c1-14-6-7-17(23-27-26-15(2)30-23)12-19(14)20-11-16(22(24)28)8-9-21(20)29-13-18-5-3-4-10-25-18/h3-12H,13H2,1-2H3,(H2,24,28). The molecule has 0 spiro atoms. The number of primary amides is 1. The molecule has 0 aliphatic heterocycles. The van der Waals surface area contributed by atoms with Crippen LogP contribution in [0, 0.1) is 13.8 Å². The van der Waals surface area contributed by atoms with Crippen LogP contribution in [0.1, 0.15) is 27.5 Å². The van der Waals surface area contributed by atoms with Crippen LogP contribution < -0.4 is 10.5 Å². The molecular weight excluding hydrogens is 380 g/mol. The largest absolute Gasteiger partial charge is 0.487 e. The Labute approximate surface area is 173 Å². The van der Waals surface area contributed by atoms with Crippen molar-refractivity contribution in [3.63, 3.8) is 0 Å². The molecular formula is C23H20N4O3. The molecule has 7 nitrogen and oxygen atoms in total. The monoisotopic (exact) mass is 400 g/mol. The second-order valence-electron chi connectivity index (χ2n) is 6.84. The number of benzene rings is 2. The lowest BCUT2D eigenvalue weighted by atomic mass is 9.95. The Kier molecular flexibility index (Phi) is 5.26. The number of hydrogen-bond acceptors (Lipinski definition) is 6. The van der Waals surface area contributed by atoms with Crippen LogP contribution in [0.4, 0.5) is 0 Å². The van der Waals surface area contributed by atoms with Gasteiger partial charge in [-0.05, 0) is 60.5 Å². The highest BCUT2D eigenvalue weighted by atomic mass is 16.5. The zero-order valence-electron chi connectivity index (χ0n) is 16.6. The van der Waals surface area contributed by atoms with Crippen molar-refractivity contribution in [3.05, 3.63) is 83.5 Å². The maximum absolute atomic E-state index is 11.8. The van der Waals surface area contributed by atoms with Gasteiger partial charge in [0.15, 0.2) is 0 Å². The van der Waals surface area contributed by atoms with Gasteiger partial charge in [-0.2, -0.15) is 0 Å². The molecule has 4 aromatic rings. The fourth-order valence-electron chi connectivity index (χ4n) is 3.11. The van der Waals surface area contributed by atoms with Gasteiger partial charge >= 0.3 is 0 Å². The molecule has 2 N–H and O–H groups in total. The number of aryl methyl sites for hydroxylation is 2. The topological polar surface area (TPSA) is 104 Å². The number of carbonyl (C=O) groups excluding carboxylic acids is 1. The number of pyridine rings is 1. The van der Waals surface area contributed by atoms with Crippen molar-refractivity contribution in [2.24, 2.45) is 5.73 Å². The summed E-state index contributed by atoms with van der Waals surface area (Å²) in [7, 11) is 0. The minimum Gasteiger partial charge on any atom is -0.487 e. The summed E-state index contributed by atoms with van der Waals surface area (Å²) in [5.74, 6) is 1.03. The van der Waals surface area contributed by atoms with Gasteiger partial charge in [-0.3, -0.25) is 9.78 Å². The molecule has 0 fully saturated rings. The third-order valence-electron chi connectivity index (χ3n) is 4.67. The maximum atomic E-state index is 11.8. The average Bonchev–Trinajstić information content (AvgIpc) is 3.19. The van der Waals surface area contributed by atoms with E-state index in [-0.39, 0.29) is 0 Å². The zero-order chi connectivity index (χ0) is 21.1. The van der Waals surface area contributed by atoms with Gasteiger partial charge in [0.1, 0.15) is 12.4 Å². The highest BCUT2D eigenvalue weighted by Gasteiger charge is 2.15. The van der Waals surface area contributed by atoms with Crippen LogP contribution in [-0.2, 0) is 6.61 Å². The zero-order valence-corrected chi connectivity index (χ0v) is 16.6. The lowest BCUT2D eigenvalue weighted by Crippen LogP contribution is -2.11. The molecule has 2 heterocycles. The summed E-state index contributed by atoms with van der Waals surface area (Å²) in [6, 6.07) is 16.6. The third-order valence-corrected chi connectivity index (χ3v) is 4.67. The van der Waals surface area contributed by atoms with Crippen LogP contribution in [-0.4, -0.2) is 21.1 Å². The second-order valence-corrected chi connectivity index (χ2v) is 6.84. The molecule has 2 aromatic heterocycles. The first kappa shape index (κ1) is 19.3. The van der Waals surface area contributed by atoms with Crippen molar-refractivity contribution >= 4 is 5.91 Å². The Morgan fingerprint density at radius 2 is 1.90 bits per heavy atom. The van der Waals surface area contributed by atoms with E-state index < -0.39 is 5.91 Å². The van der Waals surface area contributed by atoms with E-state index in [0.717, 1.165) is 27.9 Å². The molecule has 7 heteroatoms. The van der Waals surface area contributed by atoms with Gasteiger partial charge in [0.05, 0.1) is 5.69 Å². The SMILES string of the molecule is Cc1nnc(-c2ccc(C)c(-c3cc(C(N)=O)ccc3OCc3ccccn3)c2)o1. The number of nitrogens with two attached hydrogens (primary N) is 1. The van der Waals surface area contributed by atoms with Gasteiger partial charge in [-0.1, -0.05) is 12.1 Å². The summed E-state index contributed by atoms with van der Waals surface area (Å²) in [6.45, 7) is 4.02. The molecule has 0 radical (unpaired) electrons. The Morgan fingerprint density at radius 1 is 1.03 bits per heavy atom. The van der Waals surface area contributed by atoms with Gasteiger partial charge in [0, 0.05) is 29.8 Å². The van der Waals surface area contributed by atoms with Crippen molar-refractivity contribution in [2.75, 3.05) is 0 Å². The number of rotatable bonds is 6. The summed E-state index contributed by atoms with van der Waals surface area (Å²) >= 11 is 0. The van der Waals surface area contributed by atoms with Gasteiger partial charge < -0.3 is 14.9 Å². The number of carbonyl (C=O) groups is 1. The molecule has 30 heavy (non-hydrogen) atoms. The molecule has 0 aliphatic carbocycles. The molecule has 1 amide bonds. The van der Waals surface area contributed by atoms with Gasteiger partial charge in [0.2, 0.25) is 17.7 Å². The van der Waals surface area contributed by atoms with Gasteiger partial charge in [-0.15, -0.1) is 10.2 Å². The number of nitrogens with zero attached hydrogens (tertiary/aromatic N) is 3. The molecule has 4 rings (SSSR count). The summed E-state index contributed by atoms with van der Waals surface area (Å²) in [4.78, 5) is 16.1. The lowest BCUT2D eigenvalue weighted by molar-refractivity contribution is 0.100. The highest BCUT2D eigenvalue weighted by Crippen LogP contribution is 2.36. The third kappa shape index (κ3) is 4.05. The Balaban J connectivity index is 1.77. The molecule has 2 aromatic carbocycles. The van der Waals surface area contributed by atoms with E-state index in [2.05, 4.69) is 15.2 Å². The van der Waals surface area contributed by atoms with Crippen molar-refractivity contribution in [1.82, 2.24) is 15.2 Å². The molecule has 0 aliphatic rings. The summed E-state index contributed by atoms with van der Waals surface area (Å²) in [6.07, 6.45) is 1.72. The molecule has 0 bridgehead atoms. The Hall–Kier alpha value is -4.00. The quantitative estimate of drug-likeness (QED) is 0.523. The van der Waals surface area contributed by atoms with E-state index in [1.165, 1.54) is 0 Å². The van der Waals surface area contributed by atoms with E-state index in [1.807, 2.05) is 43.3 Å². The summed E-state index contributed by atoms with van der Waals surface area (Å²) in [5.41, 5.74) is 10.1. The summed E-state index contributed by atoms with van der Waals surface area (Å²) in [5, 5.41) is 7.99. The average molecular weight is 400 g/mol. The number of ether oxygens (including phenoxy) is 1. The highest BCUT2D eigenvalue weighted by molar-refractivity contribution is 5.95. The fourth-order valence-corrected chi connectivity index (χ4v) is 3.11. The molecule has 0 saturated heterocycles. The van der Waals surface area contributed by atoms with E-state index in [4.69, 9.17) is 14.9 Å². The van der Waals surface area contributed by atoms with Crippen LogP contribution in [0.3, 0.4) is 0 Å². The molecule has 150 valence electrons.